The summed E-state index contributed by atoms with van der Waals surface area (Å²) in [6, 6.07) is 5.53. The molecule has 2 heterocycles. The first kappa shape index (κ1) is 22.2. The van der Waals surface area contributed by atoms with Gasteiger partial charge in [0.1, 0.15) is 11.6 Å². The lowest BCUT2D eigenvalue weighted by Gasteiger charge is -2.14. The van der Waals surface area contributed by atoms with E-state index in [9.17, 15) is 18.4 Å². The molecule has 0 saturated carbocycles. The first-order chi connectivity index (χ1) is 14.4. The smallest absolute Gasteiger partial charge is 0.387 e. The molecule has 11 heteroatoms. The summed E-state index contributed by atoms with van der Waals surface area (Å²) in [6.45, 7) is -1.67. The number of hydrogen-bond acceptors (Lipinski definition) is 7. The Kier molecular flexibility index (Phi) is 7.75. The van der Waals surface area contributed by atoms with Crippen LogP contribution in [-0.4, -0.2) is 51.5 Å². The Morgan fingerprint density at radius 3 is 2.70 bits per heavy atom. The van der Waals surface area contributed by atoms with E-state index in [0.717, 1.165) is 12.8 Å². The minimum atomic E-state index is -2.92. The van der Waals surface area contributed by atoms with E-state index in [1.807, 2.05) is 4.57 Å². The van der Waals surface area contributed by atoms with Gasteiger partial charge < -0.3 is 19.8 Å². The third-order valence-electron chi connectivity index (χ3n) is 4.53. The van der Waals surface area contributed by atoms with Crippen LogP contribution in [-0.2, 0) is 22.5 Å². The number of carbonyl (C=O) groups excluding carboxylic acids is 2. The molecule has 3 rings (SSSR count). The molecule has 1 aliphatic rings. The van der Waals surface area contributed by atoms with E-state index in [1.165, 1.54) is 36.0 Å². The van der Waals surface area contributed by atoms with Crippen molar-refractivity contribution in [3.8, 4) is 5.75 Å². The molecule has 162 valence electrons. The van der Waals surface area contributed by atoms with Crippen molar-refractivity contribution >= 4 is 23.5 Å². The summed E-state index contributed by atoms with van der Waals surface area (Å²) < 4.78 is 36.3. The summed E-state index contributed by atoms with van der Waals surface area (Å²) in [4.78, 5) is 23.6. The highest BCUT2D eigenvalue weighted by molar-refractivity contribution is 7.99. The van der Waals surface area contributed by atoms with Crippen molar-refractivity contribution in [2.24, 2.45) is 5.73 Å². The van der Waals surface area contributed by atoms with Crippen LogP contribution in [0.3, 0.4) is 0 Å². The second kappa shape index (κ2) is 10.5. The number of benzene rings is 1. The third kappa shape index (κ3) is 6.23. The number of aryl methyl sites for hydroxylation is 1. The van der Waals surface area contributed by atoms with Gasteiger partial charge in [-0.15, -0.1) is 10.2 Å². The molecule has 0 aliphatic carbocycles. The Hall–Kier alpha value is -2.53. The molecule has 1 aromatic carbocycles. The number of primary amides is 1. The fourth-order valence-electron chi connectivity index (χ4n) is 3.06. The van der Waals surface area contributed by atoms with Gasteiger partial charge in [0, 0.05) is 25.0 Å². The van der Waals surface area contributed by atoms with Crippen molar-refractivity contribution < 1.29 is 27.8 Å². The normalized spacial score (nSPS) is 16.2. The zero-order valence-electron chi connectivity index (χ0n) is 16.1. The Morgan fingerprint density at radius 2 is 2.07 bits per heavy atom. The molecule has 1 atom stereocenters. The minimum absolute atomic E-state index is 0.00963. The lowest BCUT2D eigenvalue weighted by Crippen LogP contribution is -2.19. The van der Waals surface area contributed by atoms with Crippen molar-refractivity contribution in [1.82, 2.24) is 14.8 Å². The van der Waals surface area contributed by atoms with Crippen LogP contribution in [0.4, 0.5) is 8.78 Å². The third-order valence-corrected chi connectivity index (χ3v) is 5.50. The van der Waals surface area contributed by atoms with E-state index in [-0.39, 0.29) is 29.8 Å². The molecule has 1 amide bonds. The number of ether oxygens (including phenoxy) is 2. The topological polar surface area (TPSA) is 109 Å². The van der Waals surface area contributed by atoms with Gasteiger partial charge in [-0.2, -0.15) is 8.78 Å². The van der Waals surface area contributed by atoms with Crippen molar-refractivity contribution in [3.05, 3.63) is 35.7 Å². The van der Waals surface area contributed by atoms with Crippen molar-refractivity contribution in [1.29, 1.82) is 0 Å². The largest absolute Gasteiger partial charge is 0.435 e. The standard InChI is InChI=1S/C19H22F2N4O4S/c20-18(21)29-13-5-3-12(4-6-13)15(26)11-30-19-24-23-17(8-7-16(22)27)25(19)10-14-2-1-9-28-14/h3-6,14,18H,1-2,7-11H2,(H2,22,27). The first-order valence-corrected chi connectivity index (χ1v) is 10.4. The number of halogens is 2. The first-order valence-electron chi connectivity index (χ1n) is 9.45. The molecule has 30 heavy (non-hydrogen) atoms. The Bertz CT molecular complexity index is 870. The average molecular weight is 440 g/mol. The second-order valence-corrected chi connectivity index (χ2v) is 7.67. The van der Waals surface area contributed by atoms with Gasteiger partial charge in [-0.25, -0.2) is 0 Å². The lowest BCUT2D eigenvalue weighted by molar-refractivity contribution is -0.118. The van der Waals surface area contributed by atoms with Crippen molar-refractivity contribution in [2.45, 2.75) is 50.1 Å². The maximum absolute atomic E-state index is 12.5. The number of thioether (sulfide) groups is 1. The van der Waals surface area contributed by atoms with Gasteiger partial charge in [0.05, 0.1) is 18.4 Å². The number of amides is 1. The summed E-state index contributed by atoms with van der Waals surface area (Å²) >= 11 is 1.22. The van der Waals surface area contributed by atoms with Gasteiger partial charge in [0.25, 0.3) is 0 Å². The maximum Gasteiger partial charge on any atom is 0.387 e. The number of alkyl halides is 2. The quantitative estimate of drug-likeness (QED) is 0.422. The van der Waals surface area contributed by atoms with Crippen LogP contribution in [0.25, 0.3) is 0 Å². The van der Waals surface area contributed by atoms with Gasteiger partial charge in [-0.1, -0.05) is 11.8 Å². The summed E-state index contributed by atoms with van der Waals surface area (Å²) in [5, 5.41) is 8.86. The molecule has 8 nitrogen and oxygen atoms in total. The number of rotatable bonds is 11. The predicted octanol–water partition coefficient (Wildman–Crippen LogP) is 2.45. The molecule has 2 N–H and O–H groups in total. The Labute approximate surface area is 176 Å². The van der Waals surface area contributed by atoms with E-state index in [1.54, 1.807) is 0 Å². The number of aromatic nitrogens is 3. The molecule has 1 unspecified atom stereocenters. The van der Waals surface area contributed by atoms with Crippen molar-refractivity contribution in [3.63, 3.8) is 0 Å². The molecule has 1 saturated heterocycles. The monoisotopic (exact) mass is 440 g/mol. The van der Waals surface area contributed by atoms with Gasteiger partial charge in [0.15, 0.2) is 10.9 Å². The van der Waals surface area contributed by atoms with E-state index in [2.05, 4.69) is 14.9 Å². The number of hydrogen-bond donors (Lipinski definition) is 1. The van der Waals surface area contributed by atoms with Gasteiger partial charge in [0.2, 0.25) is 5.91 Å². The minimum Gasteiger partial charge on any atom is -0.435 e. The molecule has 0 radical (unpaired) electrons. The molecular formula is C19H22F2N4O4S. The van der Waals surface area contributed by atoms with Crippen LogP contribution in [0.15, 0.2) is 29.4 Å². The number of nitrogens with two attached hydrogens (primary N) is 1. The lowest BCUT2D eigenvalue weighted by atomic mass is 10.1. The molecule has 1 aliphatic heterocycles. The highest BCUT2D eigenvalue weighted by atomic mass is 32.2. The SMILES string of the molecule is NC(=O)CCc1nnc(SCC(=O)c2ccc(OC(F)F)cc2)n1CC1CCCO1. The Morgan fingerprint density at radius 1 is 1.30 bits per heavy atom. The molecule has 0 bridgehead atoms. The van der Waals surface area contributed by atoms with Gasteiger partial charge in [-0.05, 0) is 37.1 Å². The zero-order valence-corrected chi connectivity index (χ0v) is 16.9. The summed E-state index contributed by atoms with van der Waals surface area (Å²) in [5.74, 6) is 0.0887. The number of ketones is 1. The van der Waals surface area contributed by atoms with Gasteiger partial charge >= 0.3 is 6.61 Å². The molecule has 1 aromatic heterocycles. The summed E-state index contributed by atoms with van der Waals surface area (Å²) in [7, 11) is 0. The molecule has 1 fully saturated rings. The van der Waals surface area contributed by atoms with Crippen molar-refractivity contribution in [2.75, 3.05) is 12.4 Å². The zero-order chi connectivity index (χ0) is 21.5. The van der Waals surface area contributed by atoms with E-state index in [0.29, 0.717) is 36.1 Å². The predicted molar refractivity (Wildman–Crippen MR) is 105 cm³/mol. The number of carbonyl (C=O) groups is 2. The van der Waals surface area contributed by atoms with Crippen LogP contribution in [0.1, 0.15) is 35.4 Å². The van der Waals surface area contributed by atoms with Crippen LogP contribution in [0.5, 0.6) is 5.75 Å². The molecule has 0 spiro atoms. The summed E-state index contributed by atoms with van der Waals surface area (Å²) in [6.07, 6.45) is 2.44. The van der Waals surface area contributed by atoms with Gasteiger partial charge in [-0.3, -0.25) is 9.59 Å². The molecule has 2 aromatic rings. The Balaban J connectivity index is 1.65. The highest BCUT2D eigenvalue weighted by Crippen LogP contribution is 2.23. The van der Waals surface area contributed by atoms with Crippen LogP contribution < -0.4 is 10.5 Å². The number of Topliss-reactive ketones (excluding diaryl/α,β-unsaturated/α-hetero) is 1. The van der Waals surface area contributed by atoms with Crippen LogP contribution >= 0.6 is 11.8 Å². The fourth-order valence-corrected chi connectivity index (χ4v) is 3.92. The number of nitrogens with zero attached hydrogens (tertiary/aromatic N) is 3. The average Bonchev–Trinajstić information content (AvgIpc) is 3.35. The van der Waals surface area contributed by atoms with E-state index in [4.69, 9.17) is 10.5 Å². The van der Waals surface area contributed by atoms with Crippen LogP contribution in [0, 0.1) is 0 Å². The van der Waals surface area contributed by atoms with Crippen LogP contribution in [0.2, 0.25) is 0 Å². The van der Waals surface area contributed by atoms with E-state index < -0.39 is 12.5 Å². The second-order valence-electron chi connectivity index (χ2n) is 6.73. The fraction of sp³-hybridized carbons (Fsp3) is 0.474. The molecular weight excluding hydrogens is 418 g/mol. The summed E-state index contributed by atoms with van der Waals surface area (Å²) in [5.41, 5.74) is 5.62. The highest BCUT2D eigenvalue weighted by Gasteiger charge is 2.22. The van der Waals surface area contributed by atoms with E-state index >= 15 is 0 Å². The maximum atomic E-state index is 12.5.